The van der Waals surface area contributed by atoms with Crippen LogP contribution in [0.15, 0.2) is 40.6 Å². The Bertz CT molecular complexity index is 397. The average Bonchev–Trinajstić information content (AvgIpc) is 2.15. The van der Waals surface area contributed by atoms with Crippen molar-refractivity contribution in [1.29, 1.82) is 0 Å². The number of ether oxygens (including phenoxy) is 1. The summed E-state index contributed by atoms with van der Waals surface area (Å²) in [5.74, 6) is 1.81. The van der Waals surface area contributed by atoms with Crippen LogP contribution in [0.1, 0.15) is 40.0 Å². The standard InChI is InChI=1S/C14H19NO/c1-11-10-14(2,3)15-13(16-11)9-12-7-5-4-6-8-12/h4-5,7,10H,6,8-9H2,1-3H3. The van der Waals surface area contributed by atoms with Crippen molar-refractivity contribution in [1.82, 2.24) is 0 Å². The number of hydrogen-bond donors (Lipinski definition) is 0. The van der Waals surface area contributed by atoms with Crippen LogP contribution in [-0.4, -0.2) is 11.4 Å². The lowest BCUT2D eigenvalue weighted by Gasteiger charge is -2.25. The van der Waals surface area contributed by atoms with Crippen LogP contribution in [0.5, 0.6) is 0 Å². The summed E-state index contributed by atoms with van der Waals surface area (Å²) in [5.41, 5.74) is 1.29. The summed E-state index contributed by atoms with van der Waals surface area (Å²) in [6.07, 6.45) is 11.7. The molecule has 0 aromatic carbocycles. The van der Waals surface area contributed by atoms with Gasteiger partial charge in [-0.05, 0) is 39.7 Å². The van der Waals surface area contributed by atoms with Gasteiger partial charge < -0.3 is 4.74 Å². The fourth-order valence-electron chi connectivity index (χ4n) is 2.16. The Hall–Kier alpha value is -1.31. The molecule has 1 heterocycles. The lowest BCUT2D eigenvalue weighted by Crippen LogP contribution is -2.23. The number of hydrogen-bond acceptors (Lipinski definition) is 2. The van der Waals surface area contributed by atoms with Gasteiger partial charge in [-0.1, -0.05) is 23.8 Å². The maximum absolute atomic E-state index is 5.67. The minimum atomic E-state index is -0.122. The van der Waals surface area contributed by atoms with Crippen LogP contribution in [0, 0.1) is 0 Å². The average molecular weight is 217 g/mol. The van der Waals surface area contributed by atoms with Crippen LogP contribution >= 0.6 is 0 Å². The number of aliphatic imine (C=N–C) groups is 1. The van der Waals surface area contributed by atoms with Gasteiger partial charge in [-0.25, -0.2) is 4.99 Å². The van der Waals surface area contributed by atoms with Gasteiger partial charge in [0, 0.05) is 6.42 Å². The second kappa shape index (κ2) is 4.28. The molecule has 0 saturated carbocycles. The van der Waals surface area contributed by atoms with Gasteiger partial charge in [0.2, 0.25) is 0 Å². The lowest BCUT2D eigenvalue weighted by atomic mass is 10.0. The van der Waals surface area contributed by atoms with Crippen LogP contribution in [0.4, 0.5) is 0 Å². The third-order valence-corrected chi connectivity index (χ3v) is 2.73. The summed E-state index contributed by atoms with van der Waals surface area (Å²) < 4.78 is 5.67. The first kappa shape index (κ1) is 11.2. The van der Waals surface area contributed by atoms with Crippen molar-refractivity contribution < 1.29 is 4.74 Å². The second-order valence-corrected chi connectivity index (χ2v) is 4.98. The number of rotatable bonds is 2. The Morgan fingerprint density at radius 1 is 1.44 bits per heavy atom. The van der Waals surface area contributed by atoms with Gasteiger partial charge in [-0.2, -0.15) is 0 Å². The molecule has 0 spiro atoms. The summed E-state index contributed by atoms with van der Waals surface area (Å²) in [4.78, 5) is 4.61. The Morgan fingerprint density at radius 3 is 2.88 bits per heavy atom. The fraction of sp³-hybridized carbons (Fsp3) is 0.500. The van der Waals surface area contributed by atoms with E-state index in [2.05, 4.69) is 43.1 Å². The highest BCUT2D eigenvalue weighted by Gasteiger charge is 2.21. The monoisotopic (exact) mass is 217 g/mol. The van der Waals surface area contributed by atoms with Crippen molar-refractivity contribution in [2.45, 2.75) is 45.6 Å². The van der Waals surface area contributed by atoms with Gasteiger partial charge in [0.1, 0.15) is 5.76 Å². The van der Waals surface area contributed by atoms with Crippen LogP contribution in [0.3, 0.4) is 0 Å². The van der Waals surface area contributed by atoms with Crippen molar-refractivity contribution in [3.05, 3.63) is 35.6 Å². The van der Waals surface area contributed by atoms with E-state index in [9.17, 15) is 0 Å². The first-order valence-corrected chi connectivity index (χ1v) is 5.86. The first-order valence-electron chi connectivity index (χ1n) is 5.86. The van der Waals surface area contributed by atoms with Crippen LogP contribution in [-0.2, 0) is 4.74 Å². The summed E-state index contributed by atoms with van der Waals surface area (Å²) >= 11 is 0. The molecular formula is C14H19NO. The van der Waals surface area contributed by atoms with Crippen molar-refractivity contribution in [3.8, 4) is 0 Å². The normalized spacial score (nSPS) is 23.1. The first-order chi connectivity index (χ1) is 7.55. The Balaban J connectivity index is 2.08. The van der Waals surface area contributed by atoms with Crippen LogP contribution in [0.25, 0.3) is 0 Å². The molecule has 0 N–H and O–H groups in total. The molecule has 0 fully saturated rings. The zero-order chi connectivity index (χ0) is 11.6. The van der Waals surface area contributed by atoms with Gasteiger partial charge in [0.25, 0.3) is 0 Å². The zero-order valence-electron chi connectivity index (χ0n) is 10.3. The molecule has 2 heteroatoms. The molecule has 1 aliphatic carbocycles. The third kappa shape index (κ3) is 2.84. The molecule has 2 aliphatic rings. The highest BCUT2D eigenvalue weighted by atomic mass is 16.5. The molecule has 0 amide bonds. The molecule has 0 radical (unpaired) electrons. The van der Waals surface area contributed by atoms with Gasteiger partial charge >= 0.3 is 0 Å². The summed E-state index contributed by atoms with van der Waals surface area (Å²) in [6, 6.07) is 0. The topological polar surface area (TPSA) is 21.6 Å². The molecule has 2 rings (SSSR count). The minimum Gasteiger partial charge on any atom is -0.448 e. The van der Waals surface area contributed by atoms with E-state index in [4.69, 9.17) is 4.74 Å². The van der Waals surface area contributed by atoms with Crippen LogP contribution in [0.2, 0.25) is 0 Å². The van der Waals surface area contributed by atoms with Crippen molar-refractivity contribution in [2.24, 2.45) is 4.99 Å². The zero-order valence-corrected chi connectivity index (χ0v) is 10.3. The molecule has 2 nitrogen and oxygen atoms in total. The molecule has 0 saturated heterocycles. The molecule has 0 atom stereocenters. The Morgan fingerprint density at radius 2 is 2.25 bits per heavy atom. The number of nitrogens with zero attached hydrogens (tertiary/aromatic N) is 1. The van der Waals surface area contributed by atoms with E-state index < -0.39 is 0 Å². The van der Waals surface area contributed by atoms with Crippen molar-refractivity contribution in [3.63, 3.8) is 0 Å². The lowest BCUT2D eigenvalue weighted by molar-refractivity contribution is 0.370. The molecule has 0 unspecified atom stereocenters. The van der Waals surface area contributed by atoms with E-state index >= 15 is 0 Å². The van der Waals surface area contributed by atoms with E-state index in [1.165, 1.54) is 5.57 Å². The Kier molecular flexibility index (Phi) is 2.99. The molecular weight excluding hydrogens is 198 g/mol. The smallest absolute Gasteiger partial charge is 0.194 e. The summed E-state index contributed by atoms with van der Waals surface area (Å²) in [6.45, 7) is 6.20. The molecule has 16 heavy (non-hydrogen) atoms. The number of allylic oxidation sites excluding steroid dienone is 4. The van der Waals surface area contributed by atoms with Gasteiger partial charge in [0.15, 0.2) is 5.90 Å². The van der Waals surface area contributed by atoms with Gasteiger partial charge in [-0.3, -0.25) is 0 Å². The molecule has 0 bridgehead atoms. The fourth-order valence-corrected chi connectivity index (χ4v) is 2.16. The van der Waals surface area contributed by atoms with E-state index in [0.717, 1.165) is 30.9 Å². The quantitative estimate of drug-likeness (QED) is 0.690. The second-order valence-electron chi connectivity index (χ2n) is 4.98. The Labute approximate surface area is 97.4 Å². The maximum Gasteiger partial charge on any atom is 0.194 e. The highest BCUT2D eigenvalue weighted by molar-refractivity contribution is 5.81. The minimum absolute atomic E-state index is 0.122. The van der Waals surface area contributed by atoms with E-state index in [0.29, 0.717) is 0 Å². The molecule has 86 valence electrons. The van der Waals surface area contributed by atoms with Gasteiger partial charge in [-0.15, -0.1) is 0 Å². The predicted molar refractivity (Wildman–Crippen MR) is 67.4 cm³/mol. The third-order valence-electron chi connectivity index (χ3n) is 2.73. The SMILES string of the molecule is CC1=CC(C)(C)N=C(CC2=CC=CCC2)O1. The summed E-state index contributed by atoms with van der Waals surface area (Å²) in [7, 11) is 0. The molecule has 1 aliphatic heterocycles. The predicted octanol–water partition coefficient (Wildman–Crippen LogP) is 3.76. The summed E-state index contributed by atoms with van der Waals surface area (Å²) in [5, 5.41) is 0. The van der Waals surface area contributed by atoms with E-state index in [1.807, 2.05) is 6.92 Å². The van der Waals surface area contributed by atoms with E-state index in [-0.39, 0.29) is 5.54 Å². The van der Waals surface area contributed by atoms with Crippen LogP contribution < -0.4 is 0 Å². The molecule has 0 aromatic heterocycles. The van der Waals surface area contributed by atoms with Crippen molar-refractivity contribution in [2.75, 3.05) is 0 Å². The highest BCUT2D eigenvalue weighted by Crippen LogP contribution is 2.24. The van der Waals surface area contributed by atoms with Crippen molar-refractivity contribution >= 4 is 5.90 Å². The molecule has 0 aromatic rings. The van der Waals surface area contributed by atoms with E-state index in [1.54, 1.807) is 0 Å². The maximum atomic E-state index is 5.67. The van der Waals surface area contributed by atoms with Gasteiger partial charge in [0.05, 0.1) is 5.54 Å². The largest absolute Gasteiger partial charge is 0.448 e.